The number of ether oxygens (including phenoxy) is 1. The second kappa shape index (κ2) is 6.38. The molecule has 94 valence electrons. The van der Waals surface area contributed by atoms with Crippen LogP contribution >= 0.6 is 15.9 Å². The SMILES string of the molecule is COc1ccc(CCNC2CCNC2)cc1Br. The van der Waals surface area contributed by atoms with E-state index in [2.05, 4.69) is 38.7 Å². The predicted molar refractivity (Wildman–Crippen MR) is 73.7 cm³/mol. The zero-order valence-corrected chi connectivity index (χ0v) is 11.7. The summed E-state index contributed by atoms with van der Waals surface area (Å²) in [6.07, 6.45) is 2.30. The molecule has 0 saturated carbocycles. The van der Waals surface area contributed by atoms with Gasteiger partial charge in [0.1, 0.15) is 5.75 Å². The summed E-state index contributed by atoms with van der Waals surface area (Å²) in [6, 6.07) is 6.92. The lowest BCUT2D eigenvalue weighted by molar-refractivity contribution is 0.412. The maximum atomic E-state index is 5.21. The predicted octanol–water partition coefficient (Wildman–Crippen LogP) is 1.95. The highest BCUT2D eigenvalue weighted by atomic mass is 79.9. The minimum Gasteiger partial charge on any atom is -0.496 e. The first-order valence-electron chi connectivity index (χ1n) is 6.06. The average Bonchev–Trinajstić information content (AvgIpc) is 2.82. The highest BCUT2D eigenvalue weighted by molar-refractivity contribution is 9.10. The van der Waals surface area contributed by atoms with Crippen molar-refractivity contribution in [2.75, 3.05) is 26.7 Å². The number of hydrogen-bond acceptors (Lipinski definition) is 3. The fourth-order valence-corrected chi connectivity index (χ4v) is 2.70. The van der Waals surface area contributed by atoms with E-state index < -0.39 is 0 Å². The molecule has 0 radical (unpaired) electrons. The molecule has 1 aromatic rings. The first kappa shape index (κ1) is 12.9. The van der Waals surface area contributed by atoms with Crippen molar-refractivity contribution in [2.45, 2.75) is 18.9 Å². The van der Waals surface area contributed by atoms with Gasteiger partial charge >= 0.3 is 0 Å². The molecule has 0 bridgehead atoms. The molecular weight excluding hydrogens is 280 g/mol. The van der Waals surface area contributed by atoms with Crippen molar-refractivity contribution in [1.29, 1.82) is 0 Å². The largest absolute Gasteiger partial charge is 0.496 e. The van der Waals surface area contributed by atoms with Gasteiger partial charge in [0.2, 0.25) is 0 Å². The molecular formula is C13H19BrN2O. The third kappa shape index (κ3) is 3.69. The van der Waals surface area contributed by atoms with Crippen molar-refractivity contribution in [3.8, 4) is 5.75 Å². The van der Waals surface area contributed by atoms with Crippen LogP contribution in [-0.2, 0) is 6.42 Å². The minimum atomic E-state index is 0.650. The van der Waals surface area contributed by atoms with Gasteiger partial charge in [0.15, 0.2) is 0 Å². The van der Waals surface area contributed by atoms with Crippen LogP contribution in [0.25, 0.3) is 0 Å². The Kier molecular flexibility index (Phi) is 4.83. The van der Waals surface area contributed by atoms with Crippen LogP contribution in [0, 0.1) is 0 Å². The first-order valence-corrected chi connectivity index (χ1v) is 6.85. The molecule has 1 fully saturated rings. The van der Waals surface area contributed by atoms with Crippen LogP contribution in [-0.4, -0.2) is 32.8 Å². The summed E-state index contributed by atoms with van der Waals surface area (Å²) in [4.78, 5) is 0. The van der Waals surface area contributed by atoms with Gasteiger partial charge in [-0.15, -0.1) is 0 Å². The minimum absolute atomic E-state index is 0.650. The van der Waals surface area contributed by atoms with E-state index >= 15 is 0 Å². The summed E-state index contributed by atoms with van der Waals surface area (Å²) in [5, 5.41) is 6.93. The van der Waals surface area contributed by atoms with Crippen molar-refractivity contribution in [2.24, 2.45) is 0 Å². The van der Waals surface area contributed by atoms with Crippen molar-refractivity contribution >= 4 is 15.9 Å². The molecule has 0 amide bonds. The number of methoxy groups -OCH3 is 1. The van der Waals surface area contributed by atoms with Gasteiger partial charge in [0.05, 0.1) is 11.6 Å². The normalized spacial score (nSPS) is 19.5. The quantitative estimate of drug-likeness (QED) is 0.872. The molecule has 1 heterocycles. The standard InChI is InChI=1S/C13H19BrN2O/c1-17-13-3-2-10(8-12(13)14)4-7-16-11-5-6-15-9-11/h2-3,8,11,15-16H,4-7,9H2,1H3. The number of rotatable bonds is 5. The molecule has 1 aromatic carbocycles. The molecule has 1 unspecified atom stereocenters. The maximum absolute atomic E-state index is 5.21. The Balaban J connectivity index is 1.80. The van der Waals surface area contributed by atoms with Gasteiger partial charge in [-0.2, -0.15) is 0 Å². The van der Waals surface area contributed by atoms with Crippen molar-refractivity contribution in [3.63, 3.8) is 0 Å². The molecule has 4 heteroatoms. The Morgan fingerprint density at radius 2 is 2.41 bits per heavy atom. The van der Waals surface area contributed by atoms with Crippen LogP contribution in [0.3, 0.4) is 0 Å². The molecule has 1 aliphatic rings. The summed E-state index contributed by atoms with van der Waals surface area (Å²) in [5.41, 5.74) is 1.33. The first-order chi connectivity index (χ1) is 8.29. The Hall–Kier alpha value is -0.580. The smallest absolute Gasteiger partial charge is 0.133 e. The van der Waals surface area contributed by atoms with Crippen LogP contribution in [0.2, 0.25) is 0 Å². The van der Waals surface area contributed by atoms with Crippen molar-refractivity contribution in [1.82, 2.24) is 10.6 Å². The number of benzene rings is 1. The molecule has 2 N–H and O–H groups in total. The molecule has 1 aliphatic heterocycles. The summed E-state index contributed by atoms with van der Waals surface area (Å²) >= 11 is 3.51. The second-order valence-corrected chi connectivity index (χ2v) is 5.22. The summed E-state index contributed by atoms with van der Waals surface area (Å²) in [5.74, 6) is 0.890. The summed E-state index contributed by atoms with van der Waals surface area (Å²) < 4.78 is 6.24. The molecule has 0 aliphatic carbocycles. The van der Waals surface area contributed by atoms with Crippen molar-refractivity contribution < 1.29 is 4.74 Å². The van der Waals surface area contributed by atoms with Crippen LogP contribution < -0.4 is 15.4 Å². The van der Waals surface area contributed by atoms with Crippen molar-refractivity contribution in [3.05, 3.63) is 28.2 Å². The Labute approximate surface area is 111 Å². The number of nitrogens with one attached hydrogen (secondary N) is 2. The average molecular weight is 299 g/mol. The third-order valence-corrected chi connectivity index (χ3v) is 3.74. The van der Waals surface area contributed by atoms with E-state index in [9.17, 15) is 0 Å². The third-order valence-electron chi connectivity index (χ3n) is 3.12. The van der Waals surface area contributed by atoms with E-state index in [1.54, 1.807) is 7.11 Å². The Morgan fingerprint density at radius 1 is 1.53 bits per heavy atom. The summed E-state index contributed by atoms with van der Waals surface area (Å²) in [7, 11) is 1.69. The van der Waals surface area contributed by atoms with Crippen LogP contribution in [0.15, 0.2) is 22.7 Å². The molecule has 1 saturated heterocycles. The number of hydrogen-bond donors (Lipinski definition) is 2. The lowest BCUT2D eigenvalue weighted by Crippen LogP contribution is -2.32. The van der Waals surface area contributed by atoms with Gasteiger partial charge < -0.3 is 15.4 Å². The zero-order chi connectivity index (χ0) is 12.1. The lowest BCUT2D eigenvalue weighted by atomic mass is 10.1. The van der Waals surface area contributed by atoms with E-state index in [0.717, 1.165) is 36.3 Å². The number of halogens is 1. The fraction of sp³-hybridized carbons (Fsp3) is 0.538. The molecule has 0 spiro atoms. The fourth-order valence-electron chi connectivity index (χ4n) is 2.11. The van der Waals surface area contributed by atoms with Crippen LogP contribution in [0.4, 0.5) is 0 Å². The van der Waals surface area contributed by atoms with Gasteiger partial charge in [0.25, 0.3) is 0 Å². The highest BCUT2D eigenvalue weighted by Gasteiger charge is 2.12. The van der Waals surface area contributed by atoms with Gasteiger partial charge in [-0.3, -0.25) is 0 Å². The van der Waals surface area contributed by atoms with E-state index in [0.29, 0.717) is 6.04 Å². The molecule has 1 atom stereocenters. The van der Waals surface area contributed by atoms with E-state index in [4.69, 9.17) is 4.74 Å². The zero-order valence-electron chi connectivity index (χ0n) is 10.1. The second-order valence-electron chi connectivity index (χ2n) is 4.36. The lowest BCUT2D eigenvalue weighted by Gasteiger charge is -2.11. The molecule has 3 nitrogen and oxygen atoms in total. The van der Waals surface area contributed by atoms with E-state index in [-0.39, 0.29) is 0 Å². The molecule has 0 aromatic heterocycles. The van der Waals surface area contributed by atoms with Crippen LogP contribution in [0.5, 0.6) is 5.75 Å². The summed E-state index contributed by atoms with van der Waals surface area (Å²) in [6.45, 7) is 3.28. The Bertz CT molecular complexity index is 364. The van der Waals surface area contributed by atoms with E-state index in [1.165, 1.54) is 12.0 Å². The van der Waals surface area contributed by atoms with Crippen LogP contribution in [0.1, 0.15) is 12.0 Å². The topological polar surface area (TPSA) is 33.3 Å². The van der Waals surface area contributed by atoms with Gasteiger partial charge in [0, 0.05) is 12.6 Å². The maximum Gasteiger partial charge on any atom is 0.133 e. The molecule has 2 rings (SSSR count). The monoisotopic (exact) mass is 298 g/mol. The van der Waals surface area contributed by atoms with Gasteiger partial charge in [-0.05, 0) is 59.6 Å². The Morgan fingerprint density at radius 3 is 3.06 bits per heavy atom. The highest BCUT2D eigenvalue weighted by Crippen LogP contribution is 2.25. The van der Waals surface area contributed by atoms with Gasteiger partial charge in [-0.1, -0.05) is 6.07 Å². The molecule has 17 heavy (non-hydrogen) atoms. The van der Waals surface area contributed by atoms with Gasteiger partial charge in [-0.25, -0.2) is 0 Å². The van der Waals surface area contributed by atoms with E-state index in [1.807, 2.05) is 6.07 Å².